The predicted octanol–water partition coefficient (Wildman–Crippen LogP) is 3.65. The van der Waals surface area contributed by atoms with Gasteiger partial charge >= 0.3 is 0 Å². The van der Waals surface area contributed by atoms with E-state index in [0.29, 0.717) is 16.8 Å². The van der Waals surface area contributed by atoms with E-state index in [1.165, 1.54) is 5.56 Å². The quantitative estimate of drug-likeness (QED) is 0.818. The van der Waals surface area contributed by atoms with E-state index in [9.17, 15) is 8.42 Å². The van der Waals surface area contributed by atoms with Crippen molar-refractivity contribution in [2.24, 2.45) is 5.92 Å². The smallest absolute Gasteiger partial charge is 0.250 e. The first-order chi connectivity index (χ1) is 11.0. The number of sulfonamides is 1. The molecule has 1 saturated heterocycles. The van der Waals surface area contributed by atoms with E-state index in [0.717, 1.165) is 43.8 Å². The molecule has 1 aliphatic rings. The molecule has 1 aliphatic heterocycles. The van der Waals surface area contributed by atoms with E-state index in [4.69, 9.17) is 11.6 Å². The van der Waals surface area contributed by atoms with Gasteiger partial charge in [0.1, 0.15) is 4.21 Å². The van der Waals surface area contributed by atoms with Crippen molar-refractivity contribution < 1.29 is 8.42 Å². The summed E-state index contributed by atoms with van der Waals surface area (Å²) in [4.78, 5) is 2.44. The van der Waals surface area contributed by atoms with Crippen molar-refractivity contribution in [3.8, 4) is 0 Å². The molecule has 1 fully saturated rings. The molecule has 126 valence electrons. The van der Waals surface area contributed by atoms with E-state index in [1.54, 1.807) is 23.5 Å². The first kappa shape index (κ1) is 17.4. The van der Waals surface area contributed by atoms with Crippen molar-refractivity contribution in [2.45, 2.75) is 23.6 Å². The minimum Gasteiger partial charge on any atom is -0.299 e. The Morgan fingerprint density at radius 3 is 2.65 bits per heavy atom. The maximum atomic E-state index is 12.2. The fourth-order valence-electron chi connectivity index (χ4n) is 2.73. The molecule has 0 saturated carbocycles. The Morgan fingerprint density at radius 1 is 1.26 bits per heavy atom. The van der Waals surface area contributed by atoms with Gasteiger partial charge in [-0.05, 0) is 66.4 Å². The fourth-order valence-corrected chi connectivity index (χ4v) is 6.03. The van der Waals surface area contributed by atoms with Crippen LogP contribution in [0.3, 0.4) is 0 Å². The highest BCUT2D eigenvalue weighted by Crippen LogP contribution is 2.26. The molecule has 2 aromatic rings. The summed E-state index contributed by atoms with van der Waals surface area (Å²) in [6.07, 6.45) is 2.05. The molecule has 0 unspecified atom stereocenters. The number of hydrogen-bond acceptors (Lipinski definition) is 5. The van der Waals surface area contributed by atoms with Gasteiger partial charge in [-0.25, -0.2) is 13.1 Å². The highest BCUT2D eigenvalue weighted by Gasteiger charge is 2.22. The molecule has 8 heteroatoms. The van der Waals surface area contributed by atoms with E-state index in [1.807, 2.05) is 0 Å². The summed E-state index contributed by atoms with van der Waals surface area (Å²) in [6, 6.07) is 5.33. The molecule has 4 nitrogen and oxygen atoms in total. The van der Waals surface area contributed by atoms with Gasteiger partial charge in [-0.1, -0.05) is 11.6 Å². The molecule has 3 heterocycles. The highest BCUT2D eigenvalue weighted by atomic mass is 35.5. The second kappa shape index (κ2) is 7.63. The zero-order valence-corrected chi connectivity index (χ0v) is 15.8. The van der Waals surface area contributed by atoms with Crippen molar-refractivity contribution in [1.29, 1.82) is 0 Å². The van der Waals surface area contributed by atoms with Crippen LogP contribution in [0.5, 0.6) is 0 Å². The van der Waals surface area contributed by atoms with Crippen LogP contribution >= 0.6 is 34.3 Å². The maximum absolute atomic E-state index is 12.2. The lowest BCUT2D eigenvalue weighted by molar-refractivity contribution is 0.179. The van der Waals surface area contributed by atoms with Crippen molar-refractivity contribution >= 4 is 44.3 Å². The predicted molar refractivity (Wildman–Crippen MR) is 96.8 cm³/mol. The number of likely N-dealkylation sites (tertiary alicyclic amines) is 1. The maximum Gasteiger partial charge on any atom is 0.250 e. The molecule has 0 spiro atoms. The lowest BCUT2D eigenvalue weighted by Gasteiger charge is -2.31. The van der Waals surface area contributed by atoms with Crippen LogP contribution < -0.4 is 4.72 Å². The Balaban J connectivity index is 1.45. The summed E-state index contributed by atoms with van der Waals surface area (Å²) in [6.45, 7) is 3.54. The van der Waals surface area contributed by atoms with E-state index >= 15 is 0 Å². The molecule has 0 aromatic carbocycles. The largest absolute Gasteiger partial charge is 0.299 e. The van der Waals surface area contributed by atoms with Crippen molar-refractivity contribution in [1.82, 2.24) is 9.62 Å². The van der Waals surface area contributed by atoms with Gasteiger partial charge < -0.3 is 0 Å². The molecular weight excluding hydrogens is 372 g/mol. The van der Waals surface area contributed by atoms with Gasteiger partial charge in [0.2, 0.25) is 10.0 Å². The zero-order valence-electron chi connectivity index (χ0n) is 12.6. The number of thiophene rings is 2. The number of rotatable bonds is 6. The number of hydrogen-bond donors (Lipinski definition) is 1. The van der Waals surface area contributed by atoms with Gasteiger partial charge in [-0.2, -0.15) is 11.3 Å². The first-order valence-electron chi connectivity index (χ1n) is 7.51. The summed E-state index contributed by atoms with van der Waals surface area (Å²) in [5, 5.41) is 4.29. The van der Waals surface area contributed by atoms with Gasteiger partial charge in [0.05, 0.1) is 4.34 Å². The summed E-state index contributed by atoms with van der Waals surface area (Å²) in [5.41, 5.74) is 1.36. The molecular formula is C15H19ClN2O2S3. The van der Waals surface area contributed by atoms with E-state index < -0.39 is 10.0 Å². The highest BCUT2D eigenvalue weighted by molar-refractivity contribution is 7.91. The molecule has 0 aliphatic carbocycles. The molecule has 2 aromatic heterocycles. The monoisotopic (exact) mass is 390 g/mol. The third kappa shape index (κ3) is 4.78. The van der Waals surface area contributed by atoms with Crippen molar-refractivity contribution in [3.63, 3.8) is 0 Å². The Morgan fingerprint density at radius 2 is 2.04 bits per heavy atom. The van der Waals surface area contributed by atoms with Crippen molar-refractivity contribution in [2.75, 3.05) is 19.6 Å². The third-order valence-electron chi connectivity index (χ3n) is 4.07. The number of piperidine rings is 1. The Bertz CT molecular complexity index is 720. The minimum absolute atomic E-state index is 0.289. The van der Waals surface area contributed by atoms with Crippen LogP contribution in [-0.2, 0) is 16.6 Å². The van der Waals surface area contributed by atoms with Gasteiger partial charge in [-0.15, -0.1) is 11.3 Å². The summed E-state index contributed by atoms with van der Waals surface area (Å²) in [7, 11) is -3.42. The average Bonchev–Trinajstić information content (AvgIpc) is 3.18. The fraction of sp³-hybridized carbons (Fsp3) is 0.467. The van der Waals surface area contributed by atoms with Crippen LogP contribution in [0, 0.1) is 5.92 Å². The number of nitrogens with zero attached hydrogens (tertiary/aromatic N) is 1. The number of halogens is 1. The molecule has 0 atom stereocenters. The lowest BCUT2D eigenvalue weighted by atomic mass is 9.97. The second-order valence-electron chi connectivity index (χ2n) is 5.76. The molecule has 1 N–H and O–H groups in total. The Hall–Kier alpha value is -0.440. The molecule has 23 heavy (non-hydrogen) atoms. The van der Waals surface area contributed by atoms with Gasteiger partial charge in [0.25, 0.3) is 0 Å². The van der Waals surface area contributed by atoms with Crippen LogP contribution in [0.25, 0.3) is 0 Å². The average molecular weight is 391 g/mol. The van der Waals surface area contributed by atoms with Crippen molar-refractivity contribution in [3.05, 3.63) is 38.9 Å². The minimum atomic E-state index is -3.42. The van der Waals surface area contributed by atoms with Gasteiger partial charge in [-0.3, -0.25) is 4.90 Å². The van der Waals surface area contributed by atoms with Crippen LogP contribution in [0.15, 0.2) is 33.2 Å². The molecule has 0 radical (unpaired) electrons. The Labute approximate surface area is 150 Å². The SMILES string of the molecule is O=S(=O)(NCC1CCN(Cc2ccsc2)CC1)c1ccc(Cl)s1. The topological polar surface area (TPSA) is 49.4 Å². The first-order valence-corrected chi connectivity index (χ1v) is 11.1. The molecule has 3 rings (SSSR count). The van der Waals surface area contributed by atoms with E-state index in [2.05, 4.69) is 26.4 Å². The second-order valence-corrected chi connectivity index (χ2v) is 10.3. The van der Waals surface area contributed by atoms with Gasteiger partial charge in [0.15, 0.2) is 0 Å². The standard InChI is InChI=1S/C15H19ClN2O2S3/c16-14-1-2-15(22-14)23(19,20)17-9-12-3-6-18(7-4-12)10-13-5-8-21-11-13/h1-2,5,8,11-12,17H,3-4,6-7,9-10H2. The lowest BCUT2D eigenvalue weighted by Crippen LogP contribution is -2.38. The molecule has 0 amide bonds. The van der Waals surface area contributed by atoms with E-state index in [-0.39, 0.29) is 4.21 Å². The third-order valence-corrected chi connectivity index (χ3v) is 7.95. The normalized spacial score (nSPS) is 17.6. The van der Waals surface area contributed by atoms with Crippen LogP contribution in [0.2, 0.25) is 4.34 Å². The van der Waals surface area contributed by atoms with Crippen LogP contribution in [0.1, 0.15) is 18.4 Å². The molecule has 0 bridgehead atoms. The summed E-state index contributed by atoms with van der Waals surface area (Å²) < 4.78 is 27.9. The Kier molecular flexibility index (Phi) is 5.77. The number of nitrogens with one attached hydrogen (secondary N) is 1. The zero-order chi connectivity index (χ0) is 16.3. The van der Waals surface area contributed by atoms with Crippen LogP contribution in [-0.4, -0.2) is 33.0 Å². The summed E-state index contributed by atoms with van der Waals surface area (Å²) in [5.74, 6) is 0.402. The van der Waals surface area contributed by atoms with Gasteiger partial charge in [0, 0.05) is 13.1 Å². The van der Waals surface area contributed by atoms with Crippen LogP contribution in [0.4, 0.5) is 0 Å². The summed E-state index contributed by atoms with van der Waals surface area (Å²) >= 11 is 8.63.